The van der Waals surface area contributed by atoms with Crippen molar-refractivity contribution >= 4 is 39.1 Å². The van der Waals surface area contributed by atoms with Gasteiger partial charge < -0.3 is 16.3 Å². The summed E-state index contributed by atoms with van der Waals surface area (Å²) >= 11 is 1.20. The number of carbonyl (C=O) groups excluding carboxylic acids is 1. The number of nitrogens with two attached hydrogens (primary N) is 1. The Bertz CT molecular complexity index is 922. The third-order valence-electron chi connectivity index (χ3n) is 3.20. The van der Waals surface area contributed by atoms with Gasteiger partial charge in [-0.2, -0.15) is 0 Å². The number of carbonyl (C=O) groups is 1. The van der Waals surface area contributed by atoms with E-state index in [1.165, 1.54) is 11.3 Å². The van der Waals surface area contributed by atoms with Crippen molar-refractivity contribution in [3.63, 3.8) is 0 Å². The summed E-state index contributed by atoms with van der Waals surface area (Å²) in [5, 5.41) is 16.1. The van der Waals surface area contributed by atoms with Crippen molar-refractivity contribution in [2.45, 2.75) is 6.92 Å². The highest BCUT2D eigenvalue weighted by molar-refractivity contribution is 7.20. The van der Waals surface area contributed by atoms with Gasteiger partial charge in [-0.05, 0) is 25.1 Å². The average Bonchev–Trinajstić information content (AvgIpc) is 3.01. The van der Waals surface area contributed by atoms with E-state index in [0.717, 1.165) is 0 Å². The number of hydrogen-bond donors (Lipinski definition) is 3. The highest BCUT2D eigenvalue weighted by atomic mass is 32.1. The topological polar surface area (TPSA) is 126 Å². The molecular formula is C15H14N6O2S. The monoisotopic (exact) mass is 342 g/mol. The molecule has 0 atom stereocenters. The molecule has 24 heavy (non-hydrogen) atoms. The molecule has 0 aliphatic rings. The number of fused-ring (bicyclic) bond motifs is 1. The van der Waals surface area contributed by atoms with Crippen LogP contribution in [0.3, 0.4) is 0 Å². The quantitative estimate of drug-likeness (QED) is 0.376. The van der Waals surface area contributed by atoms with Crippen LogP contribution in [0.2, 0.25) is 0 Å². The van der Waals surface area contributed by atoms with Crippen LogP contribution < -0.4 is 11.1 Å². The van der Waals surface area contributed by atoms with Crippen LogP contribution in [0.15, 0.2) is 35.6 Å². The van der Waals surface area contributed by atoms with Crippen molar-refractivity contribution in [3.8, 4) is 0 Å². The van der Waals surface area contributed by atoms with Gasteiger partial charge in [-0.15, -0.1) is 11.3 Å². The standard InChI is InChI=1S/C15H14N6O2S/c1-2-17-13(22)10-7-8-11(19-15(16)20-14(8)24-10)12(21-23)9-5-3-4-6-18-9/h3-7,23H,2H2,1H3,(H,17,22)(H2,16,19,20)/b21-12-. The lowest BCUT2D eigenvalue weighted by Gasteiger charge is -2.05. The first-order valence-electron chi connectivity index (χ1n) is 7.13. The number of thiophene rings is 1. The molecule has 0 saturated carbocycles. The number of oxime groups is 1. The molecule has 0 unspecified atom stereocenters. The van der Waals surface area contributed by atoms with Gasteiger partial charge in [-0.1, -0.05) is 11.2 Å². The number of hydrogen-bond acceptors (Lipinski definition) is 8. The maximum absolute atomic E-state index is 12.0. The summed E-state index contributed by atoms with van der Waals surface area (Å²) in [5.41, 5.74) is 6.69. The minimum atomic E-state index is -0.203. The van der Waals surface area contributed by atoms with Gasteiger partial charge in [0.05, 0.1) is 10.6 Å². The first-order valence-corrected chi connectivity index (χ1v) is 7.94. The van der Waals surface area contributed by atoms with E-state index in [0.29, 0.717) is 33.0 Å². The SMILES string of the molecule is CCNC(=O)c1cc2c(/C(=N\O)c3ccccn3)nc(N)nc2s1. The largest absolute Gasteiger partial charge is 0.410 e. The van der Waals surface area contributed by atoms with Gasteiger partial charge in [-0.3, -0.25) is 9.78 Å². The molecule has 0 fully saturated rings. The van der Waals surface area contributed by atoms with E-state index < -0.39 is 0 Å². The minimum absolute atomic E-state index is 0.0267. The number of amides is 1. The fourth-order valence-corrected chi connectivity index (χ4v) is 3.16. The maximum atomic E-state index is 12.0. The van der Waals surface area contributed by atoms with Crippen molar-refractivity contribution in [3.05, 3.63) is 46.7 Å². The second-order valence-corrected chi connectivity index (χ2v) is 5.81. The van der Waals surface area contributed by atoms with E-state index in [4.69, 9.17) is 5.73 Å². The number of nitrogen functional groups attached to an aromatic ring is 1. The van der Waals surface area contributed by atoms with E-state index in [-0.39, 0.29) is 17.6 Å². The van der Waals surface area contributed by atoms with Crippen molar-refractivity contribution in [1.29, 1.82) is 0 Å². The average molecular weight is 342 g/mol. The lowest BCUT2D eigenvalue weighted by molar-refractivity contribution is 0.0960. The Morgan fingerprint density at radius 3 is 2.92 bits per heavy atom. The van der Waals surface area contributed by atoms with Crippen molar-refractivity contribution in [1.82, 2.24) is 20.3 Å². The summed E-state index contributed by atoms with van der Waals surface area (Å²) < 4.78 is 0. The zero-order chi connectivity index (χ0) is 17.1. The highest BCUT2D eigenvalue weighted by Crippen LogP contribution is 2.28. The van der Waals surface area contributed by atoms with E-state index >= 15 is 0 Å². The molecule has 3 rings (SSSR count). The number of nitrogens with zero attached hydrogens (tertiary/aromatic N) is 4. The Morgan fingerprint density at radius 1 is 1.42 bits per heavy atom. The molecule has 0 saturated heterocycles. The number of anilines is 1. The zero-order valence-corrected chi connectivity index (χ0v) is 13.5. The fourth-order valence-electron chi connectivity index (χ4n) is 2.20. The van der Waals surface area contributed by atoms with Crippen LogP contribution in [0.4, 0.5) is 5.95 Å². The maximum Gasteiger partial charge on any atom is 0.261 e. The van der Waals surface area contributed by atoms with Gasteiger partial charge in [0.15, 0.2) is 5.71 Å². The molecule has 1 amide bonds. The third-order valence-corrected chi connectivity index (χ3v) is 4.23. The predicted octanol–water partition coefficient (Wildman–Crippen LogP) is 1.64. The van der Waals surface area contributed by atoms with Gasteiger partial charge >= 0.3 is 0 Å². The molecule has 4 N–H and O–H groups in total. The summed E-state index contributed by atoms with van der Waals surface area (Å²) in [6.45, 7) is 2.36. The molecule has 3 aromatic rings. The molecule has 3 aromatic heterocycles. The van der Waals surface area contributed by atoms with Crippen LogP contribution in [-0.2, 0) is 0 Å². The molecule has 3 heterocycles. The summed E-state index contributed by atoms with van der Waals surface area (Å²) in [6, 6.07) is 6.87. The normalized spacial score (nSPS) is 11.6. The lowest BCUT2D eigenvalue weighted by Crippen LogP contribution is -2.21. The van der Waals surface area contributed by atoms with E-state index in [1.54, 1.807) is 30.5 Å². The van der Waals surface area contributed by atoms with Crippen LogP contribution in [-0.4, -0.2) is 38.3 Å². The van der Waals surface area contributed by atoms with E-state index in [2.05, 4.69) is 25.4 Å². The Morgan fingerprint density at radius 2 is 2.25 bits per heavy atom. The van der Waals surface area contributed by atoms with Crippen molar-refractivity contribution in [2.24, 2.45) is 5.16 Å². The Kier molecular flexibility index (Phi) is 4.34. The first kappa shape index (κ1) is 15.8. The Balaban J connectivity index is 2.18. The van der Waals surface area contributed by atoms with Crippen LogP contribution >= 0.6 is 11.3 Å². The number of pyridine rings is 1. The first-order chi connectivity index (χ1) is 11.6. The second kappa shape index (κ2) is 6.59. The van der Waals surface area contributed by atoms with Gasteiger partial charge in [-0.25, -0.2) is 9.97 Å². The van der Waals surface area contributed by atoms with Gasteiger partial charge in [0.25, 0.3) is 5.91 Å². The second-order valence-electron chi connectivity index (χ2n) is 4.78. The summed E-state index contributed by atoms with van der Waals surface area (Å²) in [7, 11) is 0. The van der Waals surface area contributed by atoms with Crippen LogP contribution in [0.1, 0.15) is 28.0 Å². The number of nitrogens with one attached hydrogen (secondary N) is 1. The Labute approximate surface area is 141 Å². The molecule has 0 spiro atoms. The third kappa shape index (κ3) is 2.88. The number of aromatic nitrogens is 3. The van der Waals surface area contributed by atoms with Crippen LogP contribution in [0.5, 0.6) is 0 Å². The van der Waals surface area contributed by atoms with Crippen LogP contribution in [0.25, 0.3) is 10.2 Å². The summed E-state index contributed by atoms with van der Waals surface area (Å²) in [6.07, 6.45) is 1.58. The fraction of sp³-hybridized carbons (Fsp3) is 0.133. The summed E-state index contributed by atoms with van der Waals surface area (Å²) in [5.74, 6) is -0.177. The van der Waals surface area contributed by atoms with E-state index in [9.17, 15) is 10.0 Å². The molecule has 0 bridgehead atoms. The highest BCUT2D eigenvalue weighted by Gasteiger charge is 2.20. The van der Waals surface area contributed by atoms with Crippen LogP contribution in [0, 0.1) is 0 Å². The lowest BCUT2D eigenvalue weighted by atomic mass is 10.1. The molecule has 0 radical (unpaired) electrons. The molecule has 9 heteroatoms. The van der Waals surface area contributed by atoms with Crippen molar-refractivity contribution in [2.75, 3.05) is 12.3 Å². The molecule has 0 aliphatic carbocycles. The zero-order valence-electron chi connectivity index (χ0n) is 12.7. The predicted molar refractivity (Wildman–Crippen MR) is 91.5 cm³/mol. The van der Waals surface area contributed by atoms with Gasteiger partial charge in [0.2, 0.25) is 5.95 Å². The molecule has 8 nitrogen and oxygen atoms in total. The van der Waals surface area contributed by atoms with Crippen molar-refractivity contribution < 1.29 is 10.0 Å². The van der Waals surface area contributed by atoms with E-state index in [1.807, 2.05) is 6.92 Å². The molecular weight excluding hydrogens is 328 g/mol. The molecule has 122 valence electrons. The van der Waals surface area contributed by atoms with Gasteiger partial charge in [0.1, 0.15) is 10.5 Å². The number of rotatable bonds is 4. The molecule has 0 aliphatic heterocycles. The minimum Gasteiger partial charge on any atom is -0.410 e. The Hall–Kier alpha value is -3.07. The molecule has 0 aromatic carbocycles. The summed E-state index contributed by atoms with van der Waals surface area (Å²) in [4.78, 5) is 25.6. The van der Waals surface area contributed by atoms with Gasteiger partial charge in [0, 0.05) is 18.1 Å². The smallest absolute Gasteiger partial charge is 0.261 e.